The Balaban J connectivity index is 1.43. The molecule has 0 aromatic heterocycles. The van der Waals surface area contributed by atoms with E-state index in [4.69, 9.17) is 17.0 Å². The van der Waals surface area contributed by atoms with Crippen molar-refractivity contribution in [1.82, 2.24) is 16.2 Å². The molecule has 0 heterocycles. The predicted octanol–water partition coefficient (Wildman–Crippen LogP) is 3.95. The van der Waals surface area contributed by atoms with Crippen LogP contribution in [0.3, 0.4) is 0 Å². The van der Waals surface area contributed by atoms with Gasteiger partial charge in [-0.05, 0) is 60.8 Å². The summed E-state index contributed by atoms with van der Waals surface area (Å²) in [5.74, 6) is 1.19. The number of thiocarbonyl (C=S) groups is 1. The third-order valence-electron chi connectivity index (χ3n) is 5.08. The number of para-hydroxylation sites is 1. The second-order valence-electron chi connectivity index (χ2n) is 7.22. The molecule has 0 saturated heterocycles. The van der Waals surface area contributed by atoms with Crippen molar-refractivity contribution in [3.63, 3.8) is 0 Å². The SMILES string of the molecule is C[C@@H]1CCCC[C@H]1NC(=S)NNC(=O)c1ccc(COc2ccccc2)cc1. The second-order valence-corrected chi connectivity index (χ2v) is 7.63. The Labute approximate surface area is 171 Å². The molecule has 3 N–H and O–H groups in total. The Morgan fingerprint density at radius 1 is 1.04 bits per heavy atom. The number of amides is 1. The summed E-state index contributed by atoms with van der Waals surface area (Å²) < 4.78 is 5.71. The summed E-state index contributed by atoms with van der Waals surface area (Å²) in [7, 11) is 0. The maximum Gasteiger partial charge on any atom is 0.269 e. The standard InChI is InChI=1S/C22H27N3O2S/c1-16-7-5-6-10-20(16)23-22(28)25-24-21(26)18-13-11-17(12-14-18)15-27-19-8-3-2-4-9-19/h2-4,8-9,11-14,16,20H,5-7,10,15H2,1H3,(H,24,26)(H2,23,25,28)/t16-,20-/m1/s1. The van der Waals surface area contributed by atoms with Crippen molar-refractivity contribution < 1.29 is 9.53 Å². The monoisotopic (exact) mass is 397 g/mol. The zero-order chi connectivity index (χ0) is 19.8. The van der Waals surface area contributed by atoms with Crippen LogP contribution in [-0.4, -0.2) is 17.1 Å². The van der Waals surface area contributed by atoms with E-state index in [2.05, 4.69) is 23.1 Å². The molecule has 0 unspecified atom stereocenters. The van der Waals surface area contributed by atoms with Crippen LogP contribution in [0, 0.1) is 5.92 Å². The molecule has 1 amide bonds. The zero-order valence-electron chi connectivity index (χ0n) is 16.1. The Bertz CT molecular complexity index is 780. The number of benzene rings is 2. The quantitative estimate of drug-likeness (QED) is 0.527. The maximum absolute atomic E-state index is 12.3. The molecule has 28 heavy (non-hydrogen) atoms. The van der Waals surface area contributed by atoms with Crippen LogP contribution in [-0.2, 0) is 6.61 Å². The third kappa shape index (κ3) is 5.96. The number of hydrogen-bond acceptors (Lipinski definition) is 3. The molecule has 1 aliphatic carbocycles. The highest BCUT2D eigenvalue weighted by atomic mass is 32.1. The van der Waals surface area contributed by atoms with E-state index in [1.807, 2.05) is 42.5 Å². The van der Waals surface area contributed by atoms with Crippen molar-refractivity contribution in [3.8, 4) is 5.75 Å². The Morgan fingerprint density at radius 3 is 2.46 bits per heavy atom. The van der Waals surface area contributed by atoms with Crippen LogP contribution in [0.1, 0.15) is 48.5 Å². The molecule has 3 rings (SSSR count). The molecule has 148 valence electrons. The van der Waals surface area contributed by atoms with Crippen molar-refractivity contribution in [2.24, 2.45) is 5.92 Å². The molecular formula is C22H27N3O2S. The number of carbonyl (C=O) groups is 1. The molecule has 0 spiro atoms. The van der Waals surface area contributed by atoms with E-state index in [0.717, 1.165) is 17.7 Å². The van der Waals surface area contributed by atoms with E-state index < -0.39 is 0 Å². The molecule has 0 bridgehead atoms. The van der Waals surface area contributed by atoms with Gasteiger partial charge in [0.15, 0.2) is 5.11 Å². The highest BCUT2D eigenvalue weighted by molar-refractivity contribution is 7.80. The van der Waals surface area contributed by atoms with E-state index in [1.165, 1.54) is 19.3 Å². The highest BCUT2D eigenvalue weighted by Gasteiger charge is 2.21. The van der Waals surface area contributed by atoms with Crippen LogP contribution in [0.5, 0.6) is 5.75 Å². The van der Waals surface area contributed by atoms with E-state index in [1.54, 1.807) is 12.1 Å². The Morgan fingerprint density at radius 2 is 1.75 bits per heavy atom. The van der Waals surface area contributed by atoms with Gasteiger partial charge in [-0.2, -0.15) is 0 Å². The minimum atomic E-state index is -0.226. The first-order chi connectivity index (χ1) is 13.6. The molecule has 2 aromatic rings. The topological polar surface area (TPSA) is 62.4 Å². The van der Waals surface area contributed by atoms with Gasteiger partial charge in [-0.15, -0.1) is 0 Å². The molecule has 0 aliphatic heterocycles. The van der Waals surface area contributed by atoms with Crippen LogP contribution in [0.2, 0.25) is 0 Å². The zero-order valence-corrected chi connectivity index (χ0v) is 16.9. The molecule has 5 nitrogen and oxygen atoms in total. The molecular weight excluding hydrogens is 370 g/mol. The summed E-state index contributed by atoms with van der Waals surface area (Å²) in [4.78, 5) is 12.3. The number of rotatable bonds is 5. The smallest absolute Gasteiger partial charge is 0.269 e. The third-order valence-corrected chi connectivity index (χ3v) is 5.30. The van der Waals surface area contributed by atoms with E-state index in [-0.39, 0.29) is 5.91 Å². The number of hydrazine groups is 1. The van der Waals surface area contributed by atoms with Crippen LogP contribution >= 0.6 is 12.2 Å². The lowest BCUT2D eigenvalue weighted by atomic mass is 9.86. The Kier molecular flexibility index (Phi) is 7.25. The van der Waals surface area contributed by atoms with E-state index in [9.17, 15) is 4.79 Å². The van der Waals surface area contributed by atoms with Crippen molar-refractivity contribution in [2.75, 3.05) is 0 Å². The van der Waals surface area contributed by atoms with Crippen LogP contribution < -0.4 is 20.9 Å². The van der Waals surface area contributed by atoms with Gasteiger partial charge in [-0.3, -0.25) is 15.6 Å². The van der Waals surface area contributed by atoms with Gasteiger partial charge in [-0.1, -0.05) is 50.1 Å². The molecule has 0 radical (unpaired) electrons. The van der Waals surface area contributed by atoms with Gasteiger partial charge >= 0.3 is 0 Å². The van der Waals surface area contributed by atoms with Crippen LogP contribution in [0.25, 0.3) is 0 Å². The van der Waals surface area contributed by atoms with Crippen molar-refractivity contribution in [1.29, 1.82) is 0 Å². The lowest BCUT2D eigenvalue weighted by molar-refractivity contribution is 0.0943. The largest absolute Gasteiger partial charge is 0.489 e. The summed E-state index contributed by atoms with van der Waals surface area (Å²) in [5.41, 5.74) is 7.02. The van der Waals surface area contributed by atoms with Gasteiger partial charge in [0.05, 0.1) is 0 Å². The Hall–Kier alpha value is -2.60. The van der Waals surface area contributed by atoms with Crippen molar-refractivity contribution in [2.45, 2.75) is 45.3 Å². The van der Waals surface area contributed by atoms with Crippen LogP contribution in [0.15, 0.2) is 54.6 Å². The normalized spacial score (nSPS) is 18.8. The minimum absolute atomic E-state index is 0.226. The van der Waals surface area contributed by atoms with Gasteiger partial charge < -0.3 is 10.1 Å². The highest BCUT2D eigenvalue weighted by Crippen LogP contribution is 2.23. The van der Waals surface area contributed by atoms with E-state index in [0.29, 0.717) is 29.2 Å². The lowest BCUT2D eigenvalue weighted by Gasteiger charge is -2.30. The lowest BCUT2D eigenvalue weighted by Crippen LogP contribution is -2.51. The number of hydrogen-bond donors (Lipinski definition) is 3. The first kappa shape index (κ1) is 20.1. The molecule has 2 aromatic carbocycles. The average molecular weight is 398 g/mol. The number of ether oxygens (including phenoxy) is 1. The summed E-state index contributed by atoms with van der Waals surface area (Å²) in [6.45, 7) is 2.69. The summed E-state index contributed by atoms with van der Waals surface area (Å²) in [6, 6.07) is 17.3. The van der Waals surface area contributed by atoms with Gasteiger partial charge in [-0.25, -0.2) is 0 Å². The van der Waals surface area contributed by atoms with Crippen LogP contribution in [0.4, 0.5) is 0 Å². The van der Waals surface area contributed by atoms with Gasteiger partial charge in [0, 0.05) is 11.6 Å². The summed E-state index contributed by atoms with van der Waals surface area (Å²) in [5, 5.41) is 3.76. The summed E-state index contributed by atoms with van der Waals surface area (Å²) >= 11 is 5.30. The molecule has 1 saturated carbocycles. The first-order valence-corrected chi connectivity index (χ1v) is 10.2. The van der Waals surface area contributed by atoms with Crippen molar-refractivity contribution >= 4 is 23.2 Å². The van der Waals surface area contributed by atoms with Crippen molar-refractivity contribution in [3.05, 3.63) is 65.7 Å². The fourth-order valence-electron chi connectivity index (χ4n) is 3.36. The second kappa shape index (κ2) is 10.1. The molecule has 1 aliphatic rings. The number of nitrogens with one attached hydrogen (secondary N) is 3. The summed E-state index contributed by atoms with van der Waals surface area (Å²) in [6.07, 6.45) is 4.83. The maximum atomic E-state index is 12.3. The van der Waals surface area contributed by atoms with Gasteiger partial charge in [0.25, 0.3) is 5.91 Å². The minimum Gasteiger partial charge on any atom is -0.489 e. The first-order valence-electron chi connectivity index (χ1n) is 9.75. The molecule has 1 fully saturated rings. The van der Waals surface area contributed by atoms with Gasteiger partial charge in [0.2, 0.25) is 0 Å². The number of carbonyl (C=O) groups excluding carboxylic acids is 1. The fourth-order valence-corrected chi connectivity index (χ4v) is 3.56. The van der Waals surface area contributed by atoms with E-state index >= 15 is 0 Å². The van der Waals surface area contributed by atoms with Gasteiger partial charge in [0.1, 0.15) is 12.4 Å². The average Bonchev–Trinajstić information content (AvgIpc) is 2.73. The fraction of sp³-hybridized carbons (Fsp3) is 0.364. The predicted molar refractivity (Wildman–Crippen MR) is 115 cm³/mol. The molecule has 6 heteroatoms. The molecule has 2 atom stereocenters.